The molecule has 0 spiro atoms. The molecule has 19 heavy (non-hydrogen) atoms. The van der Waals surface area contributed by atoms with Crippen molar-refractivity contribution in [3.05, 3.63) is 53.2 Å². The Morgan fingerprint density at radius 3 is 3.11 bits per heavy atom. The zero-order valence-electron chi connectivity index (χ0n) is 10.8. The van der Waals surface area contributed by atoms with Crippen molar-refractivity contribution < 1.29 is 9.21 Å². The van der Waals surface area contributed by atoms with E-state index in [2.05, 4.69) is 10.3 Å². The van der Waals surface area contributed by atoms with Gasteiger partial charge in [-0.15, -0.1) is 0 Å². The van der Waals surface area contributed by atoms with Gasteiger partial charge in [0.2, 0.25) is 0 Å². The van der Waals surface area contributed by atoms with Gasteiger partial charge >= 0.3 is 0 Å². The zero-order valence-corrected chi connectivity index (χ0v) is 10.8. The van der Waals surface area contributed by atoms with Crippen LogP contribution in [0.1, 0.15) is 46.3 Å². The van der Waals surface area contributed by atoms with Crippen molar-refractivity contribution >= 4 is 5.91 Å². The first kappa shape index (κ1) is 12.0. The van der Waals surface area contributed by atoms with Crippen molar-refractivity contribution in [2.45, 2.75) is 32.2 Å². The van der Waals surface area contributed by atoms with Gasteiger partial charge in [0, 0.05) is 23.9 Å². The summed E-state index contributed by atoms with van der Waals surface area (Å²) in [4.78, 5) is 16.3. The van der Waals surface area contributed by atoms with E-state index in [0.717, 1.165) is 36.3 Å². The van der Waals surface area contributed by atoms with E-state index < -0.39 is 0 Å². The maximum atomic E-state index is 12.2. The third-order valence-electron chi connectivity index (χ3n) is 3.53. The van der Waals surface area contributed by atoms with Gasteiger partial charge in [-0.1, -0.05) is 0 Å². The van der Waals surface area contributed by atoms with Crippen molar-refractivity contribution in [3.8, 4) is 0 Å². The van der Waals surface area contributed by atoms with Crippen LogP contribution in [0.15, 0.2) is 35.1 Å². The Hall–Kier alpha value is -2.10. The summed E-state index contributed by atoms with van der Waals surface area (Å²) >= 11 is 0. The molecule has 1 aliphatic rings. The second-order valence-electron chi connectivity index (χ2n) is 4.91. The van der Waals surface area contributed by atoms with Crippen LogP contribution in [-0.4, -0.2) is 10.9 Å². The summed E-state index contributed by atoms with van der Waals surface area (Å²) in [5.41, 5.74) is 2.62. The predicted molar refractivity (Wildman–Crippen MR) is 70.8 cm³/mol. The summed E-state index contributed by atoms with van der Waals surface area (Å²) in [6, 6.07) is 5.65. The van der Waals surface area contributed by atoms with E-state index >= 15 is 0 Å². The Balaban J connectivity index is 1.76. The molecule has 0 aliphatic heterocycles. The highest BCUT2D eigenvalue weighted by Crippen LogP contribution is 2.30. The molecule has 0 bridgehead atoms. The molecule has 1 unspecified atom stereocenters. The van der Waals surface area contributed by atoms with Crippen LogP contribution in [0.2, 0.25) is 0 Å². The molecule has 0 saturated carbocycles. The summed E-state index contributed by atoms with van der Waals surface area (Å²) in [6.45, 7) is 1.90. The summed E-state index contributed by atoms with van der Waals surface area (Å²) in [6.07, 6.45) is 6.27. The highest BCUT2D eigenvalue weighted by Gasteiger charge is 2.24. The molecule has 0 saturated heterocycles. The van der Waals surface area contributed by atoms with Gasteiger partial charge < -0.3 is 9.73 Å². The first-order valence-electron chi connectivity index (χ1n) is 6.54. The van der Waals surface area contributed by atoms with Gasteiger partial charge in [-0.25, -0.2) is 0 Å². The lowest BCUT2D eigenvalue weighted by atomic mass is 9.93. The molecular weight excluding hydrogens is 240 g/mol. The van der Waals surface area contributed by atoms with Crippen LogP contribution in [0.3, 0.4) is 0 Å². The standard InChI is InChI=1S/C15H16N2O2/c1-10-5-6-11(9-16-10)15(18)17-13-3-2-4-14-12(13)7-8-19-14/h5-9,13H,2-4H2,1H3,(H,17,18). The molecule has 4 nitrogen and oxygen atoms in total. The smallest absolute Gasteiger partial charge is 0.253 e. The molecular formula is C15H16N2O2. The number of aromatic nitrogens is 1. The van der Waals surface area contributed by atoms with E-state index in [1.54, 1.807) is 18.5 Å². The van der Waals surface area contributed by atoms with Gasteiger partial charge in [0.05, 0.1) is 17.9 Å². The molecule has 1 atom stereocenters. The van der Waals surface area contributed by atoms with Crippen LogP contribution >= 0.6 is 0 Å². The van der Waals surface area contributed by atoms with Crippen LogP contribution in [0, 0.1) is 6.92 Å². The van der Waals surface area contributed by atoms with Gasteiger partial charge in [0.15, 0.2) is 0 Å². The topological polar surface area (TPSA) is 55.1 Å². The second-order valence-corrected chi connectivity index (χ2v) is 4.91. The van der Waals surface area contributed by atoms with E-state index in [4.69, 9.17) is 4.42 Å². The maximum Gasteiger partial charge on any atom is 0.253 e. The number of nitrogens with zero attached hydrogens (tertiary/aromatic N) is 1. The SMILES string of the molecule is Cc1ccc(C(=O)NC2CCCc3occc32)cn1. The highest BCUT2D eigenvalue weighted by atomic mass is 16.3. The number of pyridine rings is 1. The lowest BCUT2D eigenvalue weighted by molar-refractivity contribution is 0.0932. The third-order valence-corrected chi connectivity index (χ3v) is 3.53. The fourth-order valence-corrected chi connectivity index (χ4v) is 2.48. The molecule has 0 radical (unpaired) electrons. The van der Waals surface area contributed by atoms with E-state index in [1.807, 2.05) is 19.1 Å². The minimum atomic E-state index is -0.0773. The first-order chi connectivity index (χ1) is 9.24. The normalized spacial score (nSPS) is 17.8. The monoisotopic (exact) mass is 256 g/mol. The van der Waals surface area contributed by atoms with Gasteiger partial charge in [0.25, 0.3) is 5.91 Å². The molecule has 1 aliphatic carbocycles. The van der Waals surface area contributed by atoms with Crippen molar-refractivity contribution in [3.63, 3.8) is 0 Å². The number of hydrogen-bond donors (Lipinski definition) is 1. The quantitative estimate of drug-likeness (QED) is 0.898. The Kier molecular flexibility index (Phi) is 3.07. The van der Waals surface area contributed by atoms with E-state index in [0.29, 0.717) is 5.56 Å². The minimum Gasteiger partial charge on any atom is -0.469 e. The maximum absolute atomic E-state index is 12.2. The Bertz CT molecular complexity index is 586. The van der Waals surface area contributed by atoms with Crippen LogP contribution in [0.5, 0.6) is 0 Å². The Morgan fingerprint density at radius 1 is 1.42 bits per heavy atom. The number of fused-ring (bicyclic) bond motifs is 1. The molecule has 0 fully saturated rings. The van der Waals surface area contributed by atoms with Gasteiger partial charge in [-0.2, -0.15) is 0 Å². The zero-order chi connectivity index (χ0) is 13.2. The Labute approximate surface area is 111 Å². The number of amides is 1. The number of rotatable bonds is 2. The van der Waals surface area contributed by atoms with Crippen molar-refractivity contribution in [2.75, 3.05) is 0 Å². The van der Waals surface area contributed by atoms with Gasteiger partial charge in [0.1, 0.15) is 5.76 Å². The van der Waals surface area contributed by atoms with Gasteiger partial charge in [-0.3, -0.25) is 9.78 Å². The van der Waals surface area contributed by atoms with E-state index in [1.165, 1.54) is 0 Å². The summed E-state index contributed by atoms with van der Waals surface area (Å²) < 4.78 is 5.43. The average Bonchev–Trinajstić information content (AvgIpc) is 2.89. The van der Waals surface area contributed by atoms with Crippen LogP contribution < -0.4 is 5.32 Å². The van der Waals surface area contributed by atoms with E-state index in [9.17, 15) is 4.79 Å². The minimum absolute atomic E-state index is 0.0521. The molecule has 1 N–H and O–H groups in total. The molecule has 0 aromatic carbocycles. The molecule has 2 aromatic heterocycles. The van der Waals surface area contributed by atoms with Crippen LogP contribution in [-0.2, 0) is 6.42 Å². The third kappa shape index (κ3) is 2.38. The lowest BCUT2D eigenvalue weighted by Gasteiger charge is -2.22. The first-order valence-corrected chi connectivity index (χ1v) is 6.54. The predicted octanol–water partition coefficient (Wildman–Crippen LogP) is 2.79. The molecule has 98 valence electrons. The van der Waals surface area contributed by atoms with Crippen molar-refractivity contribution in [1.82, 2.24) is 10.3 Å². The number of nitrogens with one attached hydrogen (secondary N) is 1. The Morgan fingerprint density at radius 2 is 2.32 bits per heavy atom. The average molecular weight is 256 g/mol. The van der Waals surface area contributed by atoms with Crippen molar-refractivity contribution in [1.29, 1.82) is 0 Å². The number of carbonyl (C=O) groups excluding carboxylic acids is 1. The summed E-state index contributed by atoms with van der Waals surface area (Å²) in [7, 11) is 0. The lowest BCUT2D eigenvalue weighted by Crippen LogP contribution is -2.30. The number of furan rings is 1. The fourth-order valence-electron chi connectivity index (χ4n) is 2.48. The van der Waals surface area contributed by atoms with Crippen LogP contribution in [0.4, 0.5) is 0 Å². The molecule has 1 amide bonds. The largest absolute Gasteiger partial charge is 0.469 e. The molecule has 2 heterocycles. The number of hydrogen-bond acceptors (Lipinski definition) is 3. The van der Waals surface area contributed by atoms with Gasteiger partial charge in [-0.05, 0) is 38.0 Å². The molecule has 3 rings (SSSR count). The van der Waals surface area contributed by atoms with Crippen molar-refractivity contribution in [2.24, 2.45) is 0 Å². The van der Waals surface area contributed by atoms with E-state index in [-0.39, 0.29) is 11.9 Å². The fraction of sp³-hybridized carbons (Fsp3) is 0.333. The molecule has 2 aromatic rings. The second kappa shape index (κ2) is 4.88. The summed E-state index contributed by atoms with van der Waals surface area (Å²) in [5, 5.41) is 3.06. The van der Waals surface area contributed by atoms with Crippen LogP contribution in [0.25, 0.3) is 0 Å². The summed E-state index contributed by atoms with van der Waals surface area (Å²) in [5.74, 6) is 0.921. The highest BCUT2D eigenvalue weighted by molar-refractivity contribution is 5.94. The number of aryl methyl sites for hydroxylation is 2. The number of carbonyl (C=O) groups is 1. The molecule has 4 heteroatoms.